The molecular formula is C12H7Cl5O4. The maximum atomic E-state index is 11.6. The van der Waals surface area contributed by atoms with Crippen LogP contribution >= 0.6 is 58.0 Å². The molecule has 0 aliphatic carbocycles. The first-order valence-electron chi connectivity index (χ1n) is 5.37. The number of esters is 2. The van der Waals surface area contributed by atoms with Crippen LogP contribution in [0.25, 0.3) is 0 Å². The molecule has 1 aromatic rings. The van der Waals surface area contributed by atoms with Crippen molar-refractivity contribution in [2.45, 2.75) is 6.92 Å². The van der Waals surface area contributed by atoms with Crippen LogP contribution in [0, 0.1) is 0 Å². The van der Waals surface area contributed by atoms with Gasteiger partial charge >= 0.3 is 11.9 Å². The summed E-state index contributed by atoms with van der Waals surface area (Å²) in [5, 5.41) is -0.618. The van der Waals surface area contributed by atoms with E-state index in [0.717, 1.165) is 12.2 Å². The Morgan fingerprint density at radius 1 is 0.857 bits per heavy atom. The third kappa shape index (κ3) is 4.66. The average Bonchev–Trinajstić information content (AvgIpc) is 2.46. The summed E-state index contributed by atoms with van der Waals surface area (Å²) < 4.78 is 9.49. The Kier molecular flexibility index (Phi) is 7.10. The van der Waals surface area contributed by atoms with Gasteiger partial charge in [-0.2, -0.15) is 0 Å². The number of ether oxygens (including phenoxy) is 2. The Morgan fingerprint density at radius 3 is 1.76 bits per heavy atom. The van der Waals surface area contributed by atoms with E-state index in [1.165, 1.54) is 0 Å². The molecule has 0 heterocycles. The van der Waals surface area contributed by atoms with Gasteiger partial charge < -0.3 is 9.47 Å². The molecule has 114 valence electrons. The summed E-state index contributed by atoms with van der Waals surface area (Å²) in [4.78, 5) is 22.6. The highest BCUT2D eigenvalue weighted by atomic mass is 35.5. The van der Waals surface area contributed by atoms with E-state index in [-0.39, 0.29) is 37.5 Å². The van der Waals surface area contributed by atoms with Crippen molar-refractivity contribution < 1.29 is 19.1 Å². The van der Waals surface area contributed by atoms with Gasteiger partial charge in [0.05, 0.1) is 21.7 Å². The minimum atomic E-state index is -0.915. The first kappa shape index (κ1) is 18.4. The Morgan fingerprint density at radius 2 is 1.29 bits per heavy atom. The fourth-order valence-corrected chi connectivity index (χ4v) is 2.33. The van der Waals surface area contributed by atoms with Crippen LogP contribution < -0.4 is 4.74 Å². The molecule has 9 heteroatoms. The lowest BCUT2D eigenvalue weighted by atomic mass is 10.3. The first-order chi connectivity index (χ1) is 9.79. The molecule has 0 bridgehead atoms. The van der Waals surface area contributed by atoms with Gasteiger partial charge in [-0.25, -0.2) is 9.59 Å². The number of hydrogen-bond acceptors (Lipinski definition) is 4. The smallest absolute Gasteiger partial charge is 0.336 e. The van der Waals surface area contributed by atoms with Crippen molar-refractivity contribution in [3.63, 3.8) is 0 Å². The normalized spacial score (nSPS) is 10.8. The van der Waals surface area contributed by atoms with Gasteiger partial charge in [0.2, 0.25) is 0 Å². The van der Waals surface area contributed by atoms with E-state index in [1.54, 1.807) is 6.92 Å². The van der Waals surface area contributed by atoms with Crippen molar-refractivity contribution in [1.29, 1.82) is 0 Å². The minimum Gasteiger partial charge on any atom is -0.463 e. The number of carbonyl (C=O) groups excluding carboxylic acids is 2. The molecule has 0 aromatic heterocycles. The Bertz CT molecular complexity index is 583. The number of rotatable bonds is 4. The second-order valence-electron chi connectivity index (χ2n) is 3.41. The molecule has 0 saturated carbocycles. The van der Waals surface area contributed by atoms with E-state index in [9.17, 15) is 9.59 Å². The van der Waals surface area contributed by atoms with Crippen molar-refractivity contribution in [3.8, 4) is 5.75 Å². The van der Waals surface area contributed by atoms with Crippen LogP contribution in [0.5, 0.6) is 5.75 Å². The van der Waals surface area contributed by atoms with Gasteiger partial charge in [0.15, 0.2) is 5.75 Å². The summed E-state index contributed by atoms with van der Waals surface area (Å²) in [6.45, 7) is 1.81. The summed E-state index contributed by atoms with van der Waals surface area (Å²) in [5.41, 5.74) is 0. The van der Waals surface area contributed by atoms with Gasteiger partial charge in [-0.3, -0.25) is 0 Å². The second kappa shape index (κ2) is 8.11. The van der Waals surface area contributed by atoms with Crippen LogP contribution in [0.4, 0.5) is 0 Å². The summed E-state index contributed by atoms with van der Waals surface area (Å²) in [6.07, 6.45) is 1.74. The molecule has 0 fully saturated rings. The molecular weight excluding hydrogens is 385 g/mol. The van der Waals surface area contributed by atoms with Crippen LogP contribution in [0.1, 0.15) is 6.92 Å². The van der Waals surface area contributed by atoms with E-state index in [1.807, 2.05) is 0 Å². The standard InChI is InChI=1S/C12H7Cl5O4/c1-2-20-5(18)3-4-6(19)21-12-10(16)8(14)7(13)9(15)11(12)17/h3-4H,2H2,1H3/b4-3+. The lowest BCUT2D eigenvalue weighted by Gasteiger charge is -2.11. The molecule has 0 aliphatic rings. The van der Waals surface area contributed by atoms with Gasteiger partial charge in [0.1, 0.15) is 10.0 Å². The molecule has 1 rings (SSSR count). The largest absolute Gasteiger partial charge is 0.463 e. The van der Waals surface area contributed by atoms with E-state index >= 15 is 0 Å². The van der Waals surface area contributed by atoms with Gasteiger partial charge in [-0.05, 0) is 6.92 Å². The van der Waals surface area contributed by atoms with Gasteiger partial charge in [0.25, 0.3) is 0 Å². The summed E-state index contributed by atoms with van der Waals surface area (Å²) in [5.74, 6) is -1.86. The zero-order chi connectivity index (χ0) is 16.2. The SMILES string of the molecule is CCOC(=O)/C=C/C(=O)Oc1c(Cl)c(Cl)c(Cl)c(Cl)c1Cl. The number of carbonyl (C=O) groups is 2. The van der Waals surface area contributed by atoms with Crippen LogP contribution in [0.2, 0.25) is 25.1 Å². The quantitative estimate of drug-likeness (QED) is 0.238. The molecule has 4 nitrogen and oxygen atoms in total. The van der Waals surface area contributed by atoms with E-state index in [4.69, 9.17) is 62.7 Å². The van der Waals surface area contributed by atoms with Crippen molar-refractivity contribution in [2.24, 2.45) is 0 Å². The summed E-state index contributed by atoms with van der Waals surface area (Å²) in [6, 6.07) is 0. The molecule has 0 saturated heterocycles. The van der Waals surface area contributed by atoms with Gasteiger partial charge in [-0.15, -0.1) is 0 Å². The number of hydrogen-bond donors (Lipinski definition) is 0. The highest BCUT2D eigenvalue weighted by Gasteiger charge is 2.22. The lowest BCUT2D eigenvalue weighted by molar-refractivity contribution is -0.138. The van der Waals surface area contributed by atoms with Crippen LogP contribution in [0.15, 0.2) is 12.2 Å². The third-order valence-electron chi connectivity index (χ3n) is 2.01. The van der Waals surface area contributed by atoms with E-state index < -0.39 is 11.9 Å². The molecule has 0 atom stereocenters. The van der Waals surface area contributed by atoms with Crippen molar-refractivity contribution in [1.82, 2.24) is 0 Å². The molecule has 0 N–H and O–H groups in total. The van der Waals surface area contributed by atoms with Crippen molar-refractivity contribution in [3.05, 3.63) is 37.3 Å². The van der Waals surface area contributed by atoms with Gasteiger partial charge in [0, 0.05) is 12.2 Å². The predicted octanol–water partition coefficient (Wildman–Crippen LogP) is 4.98. The van der Waals surface area contributed by atoms with Crippen LogP contribution in [0.3, 0.4) is 0 Å². The topological polar surface area (TPSA) is 52.6 Å². The highest BCUT2D eigenvalue weighted by molar-refractivity contribution is 6.55. The maximum absolute atomic E-state index is 11.6. The summed E-state index contributed by atoms with van der Waals surface area (Å²) >= 11 is 29.2. The molecule has 21 heavy (non-hydrogen) atoms. The van der Waals surface area contributed by atoms with E-state index in [2.05, 4.69) is 4.74 Å². The number of halogens is 5. The van der Waals surface area contributed by atoms with Crippen LogP contribution in [-0.4, -0.2) is 18.5 Å². The zero-order valence-corrected chi connectivity index (χ0v) is 14.2. The molecule has 0 amide bonds. The highest BCUT2D eigenvalue weighted by Crippen LogP contribution is 2.48. The Balaban J connectivity index is 2.99. The molecule has 0 spiro atoms. The lowest BCUT2D eigenvalue weighted by Crippen LogP contribution is -2.07. The predicted molar refractivity (Wildman–Crippen MR) is 82.9 cm³/mol. The van der Waals surface area contributed by atoms with E-state index in [0.29, 0.717) is 0 Å². The third-order valence-corrected chi connectivity index (χ3v) is 4.26. The van der Waals surface area contributed by atoms with Crippen molar-refractivity contribution in [2.75, 3.05) is 6.61 Å². The molecule has 0 aliphatic heterocycles. The fourth-order valence-electron chi connectivity index (χ4n) is 1.14. The molecule has 1 aromatic carbocycles. The summed E-state index contributed by atoms with van der Waals surface area (Å²) in [7, 11) is 0. The minimum absolute atomic E-state index is 0.0600. The van der Waals surface area contributed by atoms with Gasteiger partial charge in [-0.1, -0.05) is 58.0 Å². The monoisotopic (exact) mass is 390 g/mol. The average molecular weight is 392 g/mol. The maximum Gasteiger partial charge on any atom is 0.336 e. The zero-order valence-electron chi connectivity index (χ0n) is 10.4. The number of benzene rings is 1. The van der Waals surface area contributed by atoms with Crippen molar-refractivity contribution >= 4 is 69.9 Å². The fraction of sp³-hybridized carbons (Fsp3) is 0.167. The van der Waals surface area contributed by atoms with Crippen LogP contribution in [-0.2, 0) is 14.3 Å². The molecule has 0 radical (unpaired) electrons. The molecule has 0 unspecified atom stereocenters. The first-order valence-corrected chi connectivity index (χ1v) is 7.26. The second-order valence-corrected chi connectivity index (χ2v) is 5.30. The Hall–Kier alpha value is -0.650. The Labute approximate surface area is 145 Å².